The molecule has 0 fully saturated rings. The summed E-state index contributed by atoms with van der Waals surface area (Å²) >= 11 is 1.45. The van der Waals surface area contributed by atoms with Gasteiger partial charge in [-0.3, -0.25) is 5.10 Å². The Kier molecular flexibility index (Phi) is 3.35. The smallest absolute Gasteiger partial charge is 0.136 e. The van der Waals surface area contributed by atoms with E-state index in [0.29, 0.717) is 5.56 Å². The van der Waals surface area contributed by atoms with E-state index in [1.807, 2.05) is 30.5 Å². The van der Waals surface area contributed by atoms with Crippen molar-refractivity contribution in [3.05, 3.63) is 29.8 Å². The molecule has 0 aliphatic rings. The molecule has 1 heterocycles. The van der Waals surface area contributed by atoms with Crippen LogP contribution in [0, 0.1) is 11.3 Å². The lowest BCUT2D eigenvalue weighted by atomic mass is 10.1. The number of H-pyrrole nitrogens is 1. The molecule has 86 valence electrons. The molecule has 2 aromatic rings. The van der Waals surface area contributed by atoms with Gasteiger partial charge < -0.3 is 4.74 Å². The molecule has 0 amide bonds. The van der Waals surface area contributed by atoms with E-state index in [4.69, 9.17) is 10.00 Å². The molecule has 17 heavy (non-hydrogen) atoms. The number of aromatic amines is 1. The molecular formula is C12H11N3OS. The molecule has 0 saturated heterocycles. The Balaban J connectivity index is 2.46. The van der Waals surface area contributed by atoms with Gasteiger partial charge in [-0.2, -0.15) is 10.4 Å². The molecule has 2 rings (SSSR count). The molecule has 0 spiro atoms. The summed E-state index contributed by atoms with van der Waals surface area (Å²) in [5.74, 6) is 0.789. The van der Waals surface area contributed by atoms with Crippen LogP contribution in [0.2, 0.25) is 0 Å². The van der Waals surface area contributed by atoms with E-state index < -0.39 is 0 Å². The number of benzene rings is 1. The number of nitriles is 1. The maximum atomic E-state index is 9.13. The molecule has 0 aliphatic carbocycles. The average Bonchev–Trinajstić information content (AvgIpc) is 2.81. The van der Waals surface area contributed by atoms with Gasteiger partial charge in [0.15, 0.2) is 0 Å². The standard InChI is InChI=1S/C12H11N3OS/c1-16-9-5-3-8(4-6-9)11-10(7-13)12(17-2)15-14-11/h3-6H,1-2H3,(H,14,15). The average molecular weight is 245 g/mol. The minimum absolute atomic E-state index is 0.586. The van der Waals surface area contributed by atoms with Gasteiger partial charge in [0.2, 0.25) is 0 Å². The van der Waals surface area contributed by atoms with Gasteiger partial charge in [-0.1, -0.05) is 0 Å². The Morgan fingerprint density at radius 1 is 1.35 bits per heavy atom. The lowest BCUT2D eigenvalue weighted by Gasteiger charge is -2.01. The summed E-state index contributed by atoms with van der Waals surface area (Å²) in [7, 11) is 1.62. The number of hydrogen-bond acceptors (Lipinski definition) is 4. The van der Waals surface area contributed by atoms with E-state index in [1.165, 1.54) is 11.8 Å². The Morgan fingerprint density at radius 3 is 2.59 bits per heavy atom. The van der Waals surface area contributed by atoms with Gasteiger partial charge in [0.05, 0.1) is 12.8 Å². The summed E-state index contributed by atoms with van der Waals surface area (Å²) in [4.78, 5) is 0. The Labute approximate surface area is 104 Å². The van der Waals surface area contributed by atoms with Crippen LogP contribution in [0.4, 0.5) is 0 Å². The van der Waals surface area contributed by atoms with Crippen LogP contribution in [-0.4, -0.2) is 23.6 Å². The normalized spacial score (nSPS) is 9.94. The molecular weight excluding hydrogens is 234 g/mol. The second-order valence-electron chi connectivity index (χ2n) is 3.32. The van der Waals surface area contributed by atoms with Gasteiger partial charge in [-0.25, -0.2) is 0 Å². The number of methoxy groups -OCH3 is 1. The number of hydrogen-bond donors (Lipinski definition) is 1. The molecule has 0 unspecified atom stereocenters. The monoisotopic (exact) mass is 245 g/mol. The van der Waals surface area contributed by atoms with Crippen molar-refractivity contribution in [1.82, 2.24) is 10.2 Å². The van der Waals surface area contributed by atoms with Gasteiger partial charge in [-0.15, -0.1) is 11.8 Å². The van der Waals surface area contributed by atoms with E-state index in [0.717, 1.165) is 22.0 Å². The third kappa shape index (κ3) is 2.12. The lowest BCUT2D eigenvalue weighted by Crippen LogP contribution is -1.85. The number of aromatic nitrogens is 2. The van der Waals surface area contributed by atoms with Gasteiger partial charge in [0.25, 0.3) is 0 Å². The summed E-state index contributed by atoms with van der Waals surface area (Å²) in [6.45, 7) is 0. The highest BCUT2D eigenvalue weighted by Gasteiger charge is 2.13. The van der Waals surface area contributed by atoms with Crippen LogP contribution in [0.5, 0.6) is 5.75 Å². The van der Waals surface area contributed by atoms with E-state index in [2.05, 4.69) is 16.3 Å². The van der Waals surface area contributed by atoms with Crippen LogP contribution in [0.15, 0.2) is 29.3 Å². The number of rotatable bonds is 3. The van der Waals surface area contributed by atoms with Gasteiger partial charge in [0.1, 0.15) is 22.4 Å². The summed E-state index contributed by atoms with van der Waals surface area (Å²) in [6.07, 6.45) is 1.90. The van der Waals surface area contributed by atoms with Crippen molar-refractivity contribution in [1.29, 1.82) is 5.26 Å². The molecule has 4 nitrogen and oxygen atoms in total. The van der Waals surface area contributed by atoms with Crippen molar-refractivity contribution in [3.63, 3.8) is 0 Å². The van der Waals surface area contributed by atoms with Gasteiger partial charge in [-0.05, 0) is 30.5 Å². The highest BCUT2D eigenvalue weighted by molar-refractivity contribution is 7.98. The van der Waals surface area contributed by atoms with Crippen molar-refractivity contribution in [2.75, 3.05) is 13.4 Å². The molecule has 0 saturated carbocycles. The number of nitrogens with one attached hydrogen (secondary N) is 1. The molecule has 0 atom stereocenters. The van der Waals surface area contributed by atoms with Gasteiger partial charge >= 0.3 is 0 Å². The molecule has 5 heteroatoms. The SMILES string of the molecule is COc1ccc(-c2[nH]nc(SC)c2C#N)cc1. The zero-order chi connectivity index (χ0) is 12.3. The van der Waals surface area contributed by atoms with Crippen LogP contribution in [0.25, 0.3) is 11.3 Å². The highest BCUT2D eigenvalue weighted by atomic mass is 32.2. The van der Waals surface area contributed by atoms with Crippen molar-refractivity contribution < 1.29 is 4.74 Å². The maximum Gasteiger partial charge on any atom is 0.136 e. The van der Waals surface area contributed by atoms with E-state index >= 15 is 0 Å². The number of thioether (sulfide) groups is 1. The Bertz CT molecular complexity index is 554. The predicted octanol–water partition coefficient (Wildman–Crippen LogP) is 2.68. The molecule has 1 N–H and O–H groups in total. The number of nitrogens with zero attached hydrogens (tertiary/aromatic N) is 2. The first kappa shape index (κ1) is 11.6. The minimum atomic E-state index is 0.586. The van der Waals surface area contributed by atoms with Crippen molar-refractivity contribution in [2.45, 2.75) is 5.03 Å². The minimum Gasteiger partial charge on any atom is -0.497 e. The Morgan fingerprint density at radius 2 is 2.06 bits per heavy atom. The quantitative estimate of drug-likeness (QED) is 0.844. The number of ether oxygens (including phenoxy) is 1. The van der Waals surface area contributed by atoms with Crippen LogP contribution in [0.3, 0.4) is 0 Å². The third-order valence-corrected chi connectivity index (χ3v) is 3.10. The summed E-state index contributed by atoms with van der Waals surface area (Å²) in [5, 5.41) is 16.9. The second-order valence-corrected chi connectivity index (χ2v) is 4.12. The van der Waals surface area contributed by atoms with Gasteiger partial charge in [0, 0.05) is 5.56 Å². The highest BCUT2D eigenvalue weighted by Crippen LogP contribution is 2.28. The zero-order valence-electron chi connectivity index (χ0n) is 9.52. The third-order valence-electron chi connectivity index (χ3n) is 2.42. The molecule has 0 bridgehead atoms. The Hall–Kier alpha value is -1.93. The molecule has 0 aliphatic heterocycles. The fourth-order valence-electron chi connectivity index (χ4n) is 1.54. The fraction of sp³-hybridized carbons (Fsp3) is 0.167. The van der Waals surface area contributed by atoms with Crippen molar-refractivity contribution >= 4 is 11.8 Å². The molecule has 0 radical (unpaired) electrons. The fourth-order valence-corrected chi connectivity index (χ4v) is 2.03. The summed E-state index contributed by atoms with van der Waals surface area (Å²) in [6, 6.07) is 9.69. The zero-order valence-corrected chi connectivity index (χ0v) is 10.3. The summed E-state index contributed by atoms with van der Waals surface area (Å²) < 4.78 is 5.09. The lowest BCUT2D eigenvalue weighted by molar-refractivity contribution is 0.415. The van der Waals surface area contributed by atoms with Crippen LogP contribution in [-0.2, 0) is 0 Å². The van der Waals surface area contributed by atoms with E-state index in [1.54, 1.807) is 7.11 Å². The second kappa shape index (κ2) is 4.93. The topological polar surface area (TPSA) is 61.7 Å². The maximum absolute atomic E-state index is 9.13. The van der Waals surface area contributed by atoms with Crippen LogP contribution < -0.4 is 4.74 Å². The van der Waals surface area contributed by atoms with Crippen molar-refractivity contribution in [3.8, 4) is 23.1 Å². The van der Waals surface area contributed by atoms with E-state index in [-0.39, 0.29) is 0 Å². The first-order chi connectivity index (χ1) is 8.30. The first-order valence-electron chi connectivity index (χ1n) is 4.97. The predicted molar refractivity (Wildman–Crippen MR) is 67.1 cm³/mol. The molecule has 1 aromatic carbocycles. The van der Waals surface area contributed by atoms with Crippen LogP contribution >= 0.6 is 11.8 Å². The summed E-state index contributed by atoms with van der Waals surface area (Å²) in [5.41, 5.74) is 2.26. The van der Waals surface area contributed by atoms with Crippen LogP contribution in [0.1, 0.15) is 5.56 Å². The van der Waals surface area contributed by atoms with Crippen molar-refractivity contribution in [2.24, 2.45) is 0 Å². The largest absolute Gasteiger partial charge is 0.497 e. The molecule has 1 aromatic heterocycles. The van der Waals surface area contributed by atoms with E-state index in [9.17, 15) is 0 Å². The first-order valence-corrected chi connectivity index (χ1v) is 6.19.